The minimum Gasteiger partial charge on any atom is -0.481 e. The molecule has 2 N–H and O–H groups in total. The maximum absolute atomic E-state index is 12.7. The molecule has 7 heteroatoms. The van der Waals surface area contributed by atoms with Crippen LogP contribution in [0, 0.1) is 5.92 Å². The van der Waals surface area contributed by atoms with Gasteiger partial charge in [-0.15, -0.1) is 0 Å². The van der Waals surface area contributed by atoms with Gasteiger partial charge in [-0.25, -0.2) is 0 Å². The summed E-state index contributed by atoms with van der Waals surface area (Å²) in [6.07, 6.45) is 1.52. The molecule has 0 spiro atoms. The Hall–Kier alpha value is -2.41. The van der Waals surface area contributed by atoms with Crippen LogP contribution in [-0.2, 0) is 25.5 Å². The molecule has 1 aliphatic rings. The predicted molar refractivity (Wildman–Crippen MR) is 100 cm³/mol. The Bertz CT molecular complexity index is 664. The zero-order valence-electron chi connectivity index (χ0n) is 15.9. The van der Waals surface area contributed by atoms with Gasteiger partial charge >= 0.3 is 5.97 Å². The molecule has 1 aromatic rings. The first-order valence-electron chi connectivity index (χ1n) is 9.17. The number of piperidine rings is 1. The SMILES string of the molecule is COCC(C)(CC(=O)O)NC(=O)C1CCCN(C(=O)Cc2ccccc2)C1. The third kappa shape index (κ3) is 6.36. The summed E-state index contributed by atoms with van der Waals surface area (Å²) in [6.45, 7) is 2.76. The standard InChI is InChI=1S/C20H28N2O5/c1-20(14-27-2,12-18(24)25)21-19(26)16-9-6-10-22(13-16)17(23)11-15-7-4-3-5-8-15/h3-5,7-8,16H,6,9-14H2,1-2H3,(H,21,26)(H,24,25). The second-order valence-corrected chi connectivity index (χ2v) is 7.39. The van der Waals surface area contributed by atoms with Gasteiger partial charge in [-0.05, 0) is 25.3 Å². The lowest BCUT2D eigenvalue weighted by atomic mass is 9.93. The second-order valence-electron chi connectivity index (χ2n) is 7.39. The van der Waals surface area contributed by atoms with Crippen molar-refractivity contribution in [3.8, 4) is 0 Å². The lowest BCUT2D eigenvalue weighted by Crippen LogP contribution is -2.55. The van der Waals surface area contributed by atoms with E-state index in [1.807, 2.05) is 30.3 Å². The summed E-state index contributed by atoms with van der Waals surface area (Å²) in [6, 6.07) is 9.52. The summed E-state index contributed by atoms with van der Waals surface area (Å²) in [5.41, 5.74) is -0.0308. The Morgan fingerprint density at radius 2 is 2.00 bits per heavy atom. The normalized spacial score (nSPS) is 19.2. The van der Waals surface area contributed by atoms with Crippen molar-refractivity contribution >= 4 is 17.8 Å². The molecule has 2 unspecified atom stereocenters. The molecular weight excluding hydrogens is 348 g/mol. The molecule has 1 heterocycles. The summed E-state index contributed by atoms with van der Waals surface area (Å²) in [7, 11) is 1.47. The van der Waals surface area contributed by atoms with Crippen molar-refractivity contribution < 1.29 is 24.2 Å². The Labute approximate surface area is 159 Å². The van der Waals surface area contributed by atoms with E-state index in [1.54, 1.807) is 11.8 Å². The van der Waals surface area contributed by atoms with Crippen molar-refractivity contribution in [1.29, 1.82) is 0 Å². The third-order valence-corrected chi connectivity index (χ3v) is 4.77. The fourth-order valence-corrected chi connectivity index (χ4v) is 3.48. The molecule has 0 aromatic heterocycles. The van der Waals surface area contributed by atoms with Gasteiger partial charge in [0, 0.05) is 20.2 Å². The number of carboxylic acids is 1. The molecular formula is C20H28N2O5. The summed E-state index contributed by atoms with van der Waals surface area (Å²) in [5, 5.41) is 11.9. The first kappa shape index (κ1) is 20.9. The van der Waals surface area contributed by atoms with Gasteiger partial charge in [-0.3, -0.25) is 14.4 Å². The van der Waals surface area contributed by atoms with E-state index in [-0.39, 0.29) is 30.8 Å². The van der Waals surface area contributed by atoms with Gasteiger partial charge < -0.3 is 20.1 Å². The van der Waals surface area contributed by atoms with Gasteiger partial charge in [0.25, 0.3) is 0 Å². The Kier molecular flexibility index (Phi) is 7.36. The highest BCUT2D eigenvalue weighted by Crippen LogP contribution is 2.20. The average molecular weight is 376 g/mol. The number of likely N-dealkylation sites (tertiary alicyclic amines) is 1. The number of nitrogens with one attached hydrogen (secondary N) is 1. The third-order valence-electron chi connectivity index (χ3n) is 4.77. The van der Waals surface area contributed by atoms with E-state index in [2.05, 4.69) is 5.32 Å². The molecule has 7 nitrogen and oxygen atoms in total. The minimum absolute atomic E-state index is 0.00360. The van der Waals surface area contributed by atoms with Gasteiger partial charge in [0.05, 0.1) is 30.9 Å². The van der Waals surface area contributed by atoms with E-state index in [0.717, 1.165) is 12.0 Å². The van der Waals surface area contributed by atoms with Crippen LogP contribution in [0.3, 0.4) is 0 Å². The van der Waals surface area contributed by atoms with E-state index in [4.69, 9.17) is 9.84 Å². The number of rotatable bonds is 8. The molecule has 0 bridgehead atoms. The van der Waals surface area contributed by atoms with Crippen LogP contribution >= 0.6 is 0 Å². The number of benzene rings is 1. The molecule has 1 fully saturated rings. The van der Waals surface area contributed by atoms with Crippen molar-refractivity contribution in [3.63, 3.8) is 0 Å². The van der Waals surface area contributed by atoms with Gasteiger partial charge in [-0.1, -0.05) is 30.3 Å². The molecule has 2 rings (SSSR count). The molecule has 1 aromatic carbocycles. The van der Waals surface area contributed by atoms with Crippen LogP contribution in [0.4, 0.5) is 0 Å². The molecule has 1 aliphatic heterocycles. The van der Waals surface area contributed by atoms with Crippen molar-refractivity contribution in [1.82, 2.24) is 10.2 Å². The van der Waals surface area contributed by atoms with Crippen molar-refractivity contribution in [2.75, 3.05) is 26.8 Å². The maximum atomic E-state index is 12.7. The van der Waals surface area contributed by atoms with E-state index in [0.29, 0.717) is 25.9 Å². The van der Waals surface area contributed by atoms with Crippen LogP contribution in [0.2, 0.25) is 0 Å². The Balaban J connectivity index is 1.96. The maximum Gasteiger partial charge on any atom is 0.305 e. The van der Waals surface area contributed by atoms with E-state index < -0.39 is 11.5 Å². The Morgan fingerprint density at radius 3 is 2.63 bits per heavy atom. The number of aliphatic carboxylic acids is 1. The molecule has 27 heavy (non-hydrogen) atoms. The van der Waals surface area contributed by atoms with Crippen molar-refractivity contribution in [2.24, 2.45) is 5.92 Å². The number of methoxy groups -OCH3 is 1. The van der Waals surface area contributed by atoms with Crippen LogP contribution in [0.1, 0.15) is 31.7 Å². The monoisotopic (exact) mass is 376 g/mol. The van der Waals surface area contributed by atoms with E-state index >= 15 is 0 Å². The molecule has 2 atom stereocenters. The summed E-state index contributed by atoms with van der Waals surface area (Å²) < 4.78 is 5.08. The number of carboxylic acid groups (broad SMARTS) is 1. The quantitative estimate of drug-likeness (QED) is 0.716. The fraction of sp³-hybridized carbons (Fsp3) is 0.550. The number of carbonyl (C=O) groups excluding carboxylic acids is 2. The topological polar surface area (TPSA) is 95.9 Å². The summed E-state index contributed by atoms with van der Waals surface area (Å²) >= 11 is 0. The summed E-state index contributed by atoms with van der Waals surface area (Å²) in [5.74, 6) is -1.57. The molecule has 0 aliphatic carbocycles. The Morgan fingerprint density at radius 1 is 1.30 bits per heavy atom. The number of amides is 2. The lowest BCUT2D eigenvalue weighted by Gasteiger charge is -2.35. The summed E-state index contributed by atoms with van der Waals surface area (Å²) in [4.78, 5) is 38.1. The van der Waals surface area contributed by atoms with Gasteiger partial charge in [0.1, 0.15) is 0 Å². The van der Waals surface area contributed by atoms with Gasteiger partial charge in [-0.2, -0.15) is 0 Å². The molecule has 0 saturated carbocycles. The number of hydrogen-bond donors (Lipinski definition) is 2. The van der Waals surface area contributed by atoms with Crippen molar-refractivity contribution in [2.45, 2.75) is 38.1 Å². The molecule has 148 valence electrons. The highest BCUT2D eigenvalue weighted by Gasteiger charge is 2.34. The van der Waals surface area contributed by atoms with Crippen molar-refractivity contribution in [3.05, 3.63) is 35.9 Å². The van der Waals surface area contributed by atoms with Crippen LogP contribution in [-0.4, -0.2) is 60.1 Å². The molecule has 0 radical (unpaired) electrons. The number of hydrogen-bond acceptors (Lipinski definition) is 4. The van der Waals surface area contributed by atoms with Gasteiger partial charge in [0.15, 0.2) is 0 Å². The van der Waals surface area contributed by atoms with Crippen LogP contribution < -0.4 is 5.32 Å². The molecule has 1 saturated heterocycles. The van der Waals surface area contributed by atoms with Crippen LogP contribution in [0.15, 0.2) is 30.3 Å². The zero-order chi connectivity index (χ0) is 19.9. The predicted octanol–water partition coefficient (Wildman–Crippen LogP) is 1.46. The highest BCUT2D eigenvalue weighted by atomic mass is 16.5. The minimum atomic E-state index is -1.00. The average Bonchev–Trinajstić information content (AvgIpc) is 2.62. The number of ether oxygens (including phenoxy) is 1. The largest absolute Gasteiger partial charge is 0.481 e. The zero-order valence-corrected chi connectivity index (χ0v) is 15.9. The van der Waals surface area contributed by atoms with Gasteiger partial charge in [0.2, 0.25) is 11.8 Å². The molecule has 2 amide bonds. The van der Waals surface area contributed by atoms with Crippen LogP contribution in [0.25, 0.3) is 0 Å². The first-order chi connectivity index (χ1) is 12.8. The fourth-order valence-electron chi connectivity index (χ4n) is 3.48. The first-order valence-corrected chi connectivity index (χ1v) is 9.17. The highest BCUT2D eigenvalue weighted by molar-refractivity contribution is 5.83. The number of carbonyl (C=O) groups is 3. The van der Waals surface area contributed by atoms with E-state index in [1.165, 1.54) is 7.11 Å². The second kappa shape index (κ2) is 9.50. The number of nitrogens with zero attached hydrogens (tertiary/aromatic N) is 1. The van der Waals surface area contributed by atoms with E-state index in [9.17, 15) is 14.4 Å². The van der Waals surface area contributed by atoms with Crippen LogP contribution in [0.5, 0.6) is 0 Å². The smallest absolute Gasteiger partial charge is 0.305 e. The lowest BCUT2D eigenvalue weighted by molar-refractivity contribution is -0.140.